The number of nitrogens with zero attached hydrogens (tertiary/aromatic N) is 2. The summed E-state index contributed by atoms with van der Waals surface area (Å²) in [7, 11) is 0. The maximum absolute atomic E-state index is 4.47. The van der Waals surface area contributed by atoms with Crippen LogP contribution in [0.5, 0.6) is 0 Å². The number of anilines is 2. The van der Waals surface area contributed by atoms with Crippen LogP contribution in [0.15, 0.2) is 23.6 Å². The van der Waals surface area contributed by atoms with Crippen molar-refractivity contribution < 1.29 is 0 Å². The zero-order chi connectivity index (χ0) is 15.3. The van der Waals surface area contributed by atoms with Gasteiger partial charge in [-0.15, -0.1) is 11.3 Å². The highest BCUT2D eigenvalue weighted by molar-refractivity contribution is 7.10. The average molecular weight is 304 g/mol. The van der Waals surface area contributed by atoms with Crippen LogP contribution < -0.4 is 10.6 Å². The lowest BCUT2D eigenvalue weighted by Gasteiger charge is -2.24. The lowest BCUT2D eigenvalue weighted by molar-refractivity contribution is 0.568. The molecule has 0 saturated heterocycles. The average Bonchev–Trinajstić information content (AvgIpc) is 2.97. The third kappa shape index (κ3) is 4.43. The van der Waals surface area contributed by atoms with Gasteiger partial charge >= 0.3 is 0 Å². The van der Waals surface area contributed by atoms with Crippen LogP contribution in [0.1, 0.15) is 37.9 Å². The summed E-state index contributed by atoms with van der Waals surface area (Å²) in [6.45, 7) is 10.3. The van der Waals surface area contributed by atoms with Crippen molar-refractivity contribution in [2.75, 3.05) is 23.7 Å². The summed E-state index contributed by atoms with van der Waals surface area (Å²) < 4.78 is 0. The fourth-order valence-electron chi connectivity index (χ4n) is 2.06. The molecule has 0 unspecified atom stereocenters. The third-order valence-electron chi connectivity index (χ3n) is 3.29. The van der Waals surface area contributed by atoms with Crippen LogP contribution in [0.4, 0.5) is 11.6 Å². The van der Waals surface area contributed by atoms with Crippen molar-refractivity contribution in [3.05, 3.63) is 34.3 Å². The van der Waals surface area contributed by atoms with Gasteiger partial charge in [0.05, 0.1) is 0 Å². The summed E-state index contributed by atoms with van der Waals surface area (Å²) in [5.74, 6) is 2.55. The van der Waals surface area contributed by atoms with Crippen molar-refractivity contribution in [2.45, 2.75) is 39.5 Å². The molecule has 0 aromatic carbocycles. The van der Waals surface area contributed by atoms with E-state index in [9.17, 15) is 0 Å². The van der Waals surface area contributed by atoms with Crippen molar-refractivity contribution >= 4 is 23.0 Å². The standard InChI is InChI=1S/C16H24N4S/c1-5-8-17-14-10-15(20-12(2)19-14)18-11-16(3,4)13-7-6-9-21-13/h6-7,9-10H,5,8,11H2,1-4H3,(H2,17,18,19,20). The van der Waals surface area contributed by atoms with Gasteiger partial charge in [0.2, 0.25) is 0 Å². The van der Waals surface area contributed by atoms with Crippen LogP contribution >= 0.6 is 11.3 Å². The smallest absolute Gasteiger partial charge is 0.131 e. The van der Waals surface area contributed by atoms with Crippen LogP contribution in [0.2, 0.25) is 0 Å². The first-order valence-corrected chi connectivity index (χ1v) is 8.26. The van der Waals surface area contributed by atoms with E-state index in [1.807, 2.05) is 13.0 Å². The highest BCUT2D eigenvalue weighted by Gasteiger charge is 2.21. The van der Waals surface area contributed by atoms with E-state index >= 15 is 0 Å². The first kappa shape index (κ1) is 15.8. The van der Waals surface area contributed by atoms with E-state index in [0.717, 1.165) is 37.0 Å². The Morgan fingerprint density at radius 2 is 1.90 bits per heavy atom. The number of hydrogen-bond donors (Lipinski definition) is 2. The zero-order valence-electron chi connectivity index (χ0n) is 13.2. The molecular weight excluding hydrogens is 280 g/mol. The molecule has 0 fully saturated rings. The summed E-state index contributed by atoms with van der Waals surface area (Å²) in [6, 6.07) is 6.27. The molecule has 0 saturated carbocycles. The second kappa shape index (κ2) is 6.89. The number of aromatic nitrogens is 2. The van der Waals surface area contributed by atoms with Crippen molar-refractivity contribution in [3.63, 3.8) is 0 Å². The maximum Gasteiger partial charge on any atom is 0.131 e. The predicted molar refractivity (Wildman–Crippen MR) is 91.4 cm³/mol. The normalized spacial score (nSPS) is 11.4. The topological polar surface area (TPSA) is 49.8 Å². The van der Waals surface area contributed by atoms with Gasteiger partial charge < -0.3 is 10.6 Å². The molecule has 0 amide bonds. The molecule has 21 heavy (non-hydrogen) atoms. The number of rotatable bonds is 7. The predicted octanol–water partition coefficient (Wildman–Crippen LogP) is 4.06. The van der Waals surface area contributed by atoms with E-state index < -0.39 is 0 Å². The van der Waals surface area contributed by atoms with Gasteiger partial charge in [0.25, 0.3) is 0 Å². The van der Waals surface area contributed by atoms with E-state index in [4.69, 9.17) is 0 Å². The Kier molecular flexibility index (Phi) is 5.17. The lowest BCUT2D eigenvalue weighted by atomic mass is 9.91. The Hall–Kier alpha value is -1.62. The molecule has 5 heteroatoms. The van der Waals surface area contributed by atoms with Crippen LogP contribution in [-0.4, -0.2) is 23.1 Å². The molecular formula is C16H24N4S. The van der Waals surface area contributed by atoms with Crippen molar-refractivity contribution in [1.29, 1.82) is 0 Å². The molecule has 114 valence electrons. The van der Waals surface area contributed by atoms with Crippen molar-refractivity contribution in [2.24, 2.45) is 0 Å². The first-order valence-electron chi connectivity index (χ1n) is 7.38. The zero-order valence-corrected chi connectivity index (χ0v) is 14.0. The van der Waals surface area contributed by atoms with Gasteiger partial charge in [-0.05, 0) is 24.8 Å². The van der Waals surface area contributed by atoms with Crippen LogP contribution in [0.3, 0.4) is 0 Å². The number of thiophene rings is 1. The molecule has 4 nitrogen and oxygen atoms in total. The second-order valence-corrected chi connectivity index (χ2v) is 6.77. The molecule has 2 rings (SSSR count). The Labute approximate surface area is 131 Å². The molecule has 0 aliphatic rings. The Morgan fingerprint density at radius 1 is 1.19 bits per heavy atom. The van der Waals surface area contributed by atoms with E-state index in [0.29, 0.717) is 0 Å². The fourth-order valence-corrected chi connectivity index (χ4v) is 2.92. The number of nitrogens with one attached hydrogen (secondary N) is 2. The minimum absolute atomic E-state index is 0.0873. The minimum atomic E-state index is 0.0873. The molecule has 0 bridgehead atoms. The SMILES string of the molecule is CCCNc1cc(NCC(C)(C)c2cccs2)nc(C)n1. The van der Waals surface area contributed by atoms with E-state index in [2.05, 4.69) is 58.9 Å². The van der Waals surface area contributed by atoms with Crippen LogP contribution in [-0.2, 0) is 5.41 Å². The summed E-state index contributed by atoms with van der Waals surface area (Å²) in [5.41, 5.74) is 0.0873. The van der Waals surface area contributed by atoms with E-state index in [1.54, 1.807) is 11.3 Å². The van der Waals surface area contributed by atoms with Gasteiger partial charge in [0, 0.05) is 29.4 Å². The molecule has 2 heterocycles. The number of hydrogen-bond acceptors (Lipinski definition) is 5. The van der Waals surface area contributed by atoms with Gasteiger partial charge in [0.15, 0.2) is 0 Å². The van der Waals surface area contributed by atoms with E-state index in [1.165, 1.54) is 4.88 Å². The Balaban J connectivity index is 2.04. The van der Waals surface area contributed by atoms with Crippen LogP contribution in [0, 0.1) is 6.92 Å². The monoisotopic (exact) mass is 304 g/mol. The van der Waals surface area contributed by atoms with Gasteiger partial charge in [-0.2, -0.15) is 0 Å². The summed E-state index contributed by atoms with van der Waals surface area (Å²) in [5, 5.41) is 8.88. The molecule has 0 atom stereocenters. The van der Waals surface area contributed by atoms with Crippen molar-refractivity contribution in [1.82, 2.24) is 9.97 Å². The second-order valence-electron chi connectivity index (χ2n) is 5.83. The van der Waals surface area contributed by atoms with E-state index in [-0.39, 0.29) is 5.41 Å². The highest BCUT2D eigenvalue weighted by Crippen LogP contribution is 2.27. The Bertz CT molecular complexity index is 564. The van der Waals surface area contributed by atoms with Crippen molar-refractivity contribution in [3.8, 4) is 0 Å². The van der Waals surface area contributed by atoms with Gasteiger partial charge in [-0.1, -0.05) is 26.8 Å². The highest BCUT2D eigenvalue weighted by atomic mass is 32.1. The minimum Gasteiger partial charge on any atom is -0.370 e. The molecule has 0 aliphatic carbocycles. The molecule has 0 spiro atoms. The third-order valence-corrected chi connectivity index (χ3v) is 4.53. The number of aryl methyl sites for hydroxylation is 1. The summed E-state index contributed by atoms with van der Waals surface area (Å²) in [4.78, 5) is 10.3. The van der Waals surface area contributed by atoms with Gasteiger partial charge in [0.1, 0.15) is 17.5 Å². The molecule has 0 aliphatic heterocycles. The largest absolute Gasteiger partial charge is 0.370 e. The maximum atomic E-state index is 4.47. The molecule has 0 radical (unpaired) electrons. The summed E-state index contributed by atoms with van der Waals surface area (Å²) in [6.07, 6.45) is 1.08. The fraction of sp³-hybridized carbons (Fsp3) is 0.500. The Morgan fingerprint density at radius 3 is 2.52 bits per heavy atom. The van der Waals surface area contributed by atoms with Crippen LogP contribution in [0.25, 0.3) is 0 Å². The lowest BCUT2D eigenvalue weighted by Crippen LogP contribution is -2.27. The first-order chi connectivity index (χ1) is 10.0. The molecule has 2 N–H and O–H groups in total. The summed E-state index contributed by atoms with van der Waals surface area (Å²) >= 11 is 1.80. The quantitative estimate of drug-likeness (QED) is 0.810. The van der Waals surface area contributed by atoms with Gasteiger partial charge in [-0.3, -0.25) is 0 Å². The molecule has 2 aromatic heterocycles. The van der Waals surface area contributed by atoms with Gasteiger partial charge in [-0.25, -0.2) is 9.97 Å². The molecule has 2 aromatic rings.